The monoisotopic (exact) mass is 1600 g/mol. The number of amides is 3. The number of hydrogen-bond acceptors (Lipinski definition) is 24. The van der Waals surface area contributed by atoms with Gasteiger partial charge in [0.25, 0.3) is 17.7 Å². The standard InChI is InChI=1S/2C19H23N5O2.C17H19N5O2.C15H15FN4O.C15H13N5O/c1-12-6-9-16-21-18(23-24(16)11-12)20-14-8-7-13(10-15(14)26-5)17(25)22-19(2,3)4;1-5-23(6-2)18(25)14-8-9-15(16(11-14)26-4)20-19-21-17-10-7-13(3)12-24(17)22-19;1-4-18-16(23)12-6-7-13(14(9-12)24-3)19-17-20-15-8-5-11(2)10-22(15)21-17;1-3-21-13-8-11(16)5-6-12(13)17-15-18-14-7-4-10(2)9-20(14)19-15;1-10-3-6-14-18-15(19-20(14)9-10)17-12-5-4-11(8-16)7-13(12)21-2/h6-11H,1-5H3,(H,20,23)(H,22,25);7-12H,5-6H2,1-4H3,(H,20,22);5-10H,4H2,1-3H3,(H,18,23)(H,19,21);4-9H,3H2,1-2H3,(H,17,19);3-7,9H,1-2H3,(H,17,19). The molecule has 0 aliphatic heterocycles. The Morgan fingerprint density at radius 1 is 0.415 bits per heavy atom. The number of aryl methyl sites for hydroxylation is 5. The first-order valence-corrected chi connectivity index (χ1v) is 37.7. The predicted octanol–water partition coefficient (Wildman–Crippen LogP) is 15.1. The third-order valence-corrected chi connectivity index (χ3v) is 17.5. The number of fused-ring (bicyclic) bond motifs is 5. The fraction of sp³-hybridized carbons (Fsp3) is 0.247. The van der Waals surface area contributed by atoms with E-state index in [-0.39, 0.29) is 29.1 Å². The molecule has 10 aromatic heterocycles. The van der Waals surface area contributed by atoms with Gasteiger partial charge in [0.2, 0.25) is 29.7 Å². The van der Waals surface area contributed by atoms with E-state index in [4.69, 9.17) is 28.9 Å². The summed E-state index contributed by atoms with van der Waals surface area (Å²) in [5.74, 6) is 4.33. The Balaban J connectivity index is 0.000000145. The molecule has 10 heterocycles. The maximum Gasteiger partial charge on any atom is 0.253 e. The van der Waals surface area contributed by atoms with Crippen LogP contribution >= 0.6 is 0 Å². The van der Waals surface area contributed by atoms with Gasteiger partial charge in [0.15, 0.2) is 28.2 Å². The number of pyridine rings is 5. The maximum absolute atomic E-state index is 13.3. The van der Waals surface area contributed by atoms with Gasteiger partial charge in [-0.1, -0.05) is 30.3 Å². The summed E-state index contributed by atoms with van der Waals surface area (Å²) >= 11 is 0. The summed E-state index contributed by atoms with van der Waals surface area (Å²) in [6.45, 7) is 25.8. The number of nitrogens with one attached hydrogen (secondary N) is 7. The SMILES string of the molecule is CCN(CC)C(=O)c1ccc(Nc2nc3ccc(C)cn3n2)c(OC)c1.CCNC(=O)c1ccc(Nc2nc3ccc(C)cn3n2)c(OC)c1.CCOc1cc(F)ccc1Nc1nc2ccc(C)cn2n1.COc1cc(C#N)ccc1Nc1nc2ccc(C)cn2n1.COc1cc(C(=O)NC(C)(C)C)ccc1Nc1nc2ccc(C)cn2n1. The summed E-state index contributed by atoms with van der Waals surface area (Å²) in [5, 5.41) is 52.1. The van der Waals surface area contributed by atoms with E-state index in [0.717, 1.165) is 56.1 Å². The zero-order chi connectivity index (χ0) is 84.3. The Bertz CT molecular complexity index is 6120. The van der Waals surface area contributed by atoms with E-state index in [1.54, 1.807) is 129 Å². The van der Waals surface area contributed by atoms with Crippen molar-refractivity contribution in [2.24, 2.45) is 0 Å². The predicted molar refractivity (Wildman–Crippen MR) is 452 cm³/mol. The number of carbonyl (C=O) groups is 3. The quantitative estimate of drug-likeness (QED) is 0.0331. The van der Waals surface area contributed by atoms with Crippen LogP contribution in [0, 0.1) is 51.8 Å². The lowest BCUT2D eigenvalue weighted by Gasteiger charge is -2.21. The fourth-order valence-electron chi connectivity index (χ4n) is 11.7. The summed E-state index contributed by atoms with van der Waals surface area (Å²) in [6.07, 6.45) is 9.52. The maximum atomic E-state index is 13.3. The van der Waals surface area contributed by atoms with Crippen molar-refractivity contribution in [3.8, 4) is 34.8 Å². The van der Waals surface area contributed by atoms with Gasteiger partial charge in [-0.2, -0.15) is 30.2 Å². The van der Waals surface area contributed by atoms with Crippen LogP contribution in [0.4, 0.5) is 62.6 Å². The average Bonchev–Trinajstić information content (AvgIpc) is 1.81. The molecule has 15 rings (SSSR count). The summed E-state index contributed by atoms with van der Waals surface area (Å²) in [6, 6.07) is 46.7. The number of rotatable bonds is 22. The van der Waals surface area contributed by atoms with Crippen molar-refractivity contribution in [3.05, 3.63) is 239 Å². The minimum atomic E-state index is -0.345. The second kappa shape index (κ2) is 38.2. The van der Waals surface area contributed by atoms with E-state index in [1.165, 1.54) is 12.1 Å². The lowest BCUT2D eigenvalue weighted by atomic mass is 10.1. The van der Waals surface area contributed by atoms with E-state index in [9.17, 15) is 18.8 Å². The fourth-order valence-corrected chi connectivity index (χ4v) is 11.7. The summed E-state index contributed by atoms with van der Waals surface area (Å²) in [4.78, 5) is 60.6. The number of nitriles is 1. The molecular formula is C85H93FN24O8. The minimum Gasteiger partial charge on any atom is -0.495 e. The molecule has 0 saturated carbocycles. The second-order valence-electron chi connectivity index (χ2n) is 27.7. The molecule has 0 aliphatic carbocycles. The molecule has 5 aromatic carbocycles. The van der Waals surface area contributed by atoms with Crippen LogP contribution in [0.15, 0.2) is 183 Å². The zero-order valence-electron chi connectivity index (χ0n) is 68.4. The van der Waals surface area contributed by atoms with Gasteiger partial charge in [-0.15, -0.1) is 25.5 Å². The molecule has 0 radical (unpaired) electrons. The normalized spacial score (nSPS) is 10.8. The van der Waals surface area contributed by atoms with Crippen molar-refractivity contribution < 1.29 is 42.5 Å². The molecule has 0 fully saturated rings. The van der Waals surface area contributed by atoms with Gasteiger partial charge in [0.1, 0.15) is 34.6 Å². The molecule has 32 nitrogen and oxygen atoms in total. The highest BCUT2D eigenvalue weighted by Crippen LogP contribution is 2.34. The lowest BCUT2D eigenvalue weighted by Crippen LogP contribution is -2.40. The van der Waals surface area contributed by atoms with E-state index < -0.39 is 0 Å². The molecule has 3 amide bonds. The third kappa shape index (κ3) is 21.7. The van der Waals surface area contributed by atoms with Crippen LogP contribution in [0.3, 0.4) is 0 Å². The first-order valence-electron chi connectivity index (χ1n) is 37.7. The van der Waals surface area contributed by atoms with E-state index >= 15 is 0 Å². The van der Waals surface area contributed by atoms with Crippen molar-refractivity contribution in [2.45, 2.75) is 88.6 Å². The van der Waals surface area contributed by atoms with Crippen LogP contribution in [0.1, 0.15) is 113 Å². The largest absolute Gasteiger partial charge is 0.495 e. The van der Waals surface area contributed by atoms with Crippen molar-refractivity contribution >= 4 is 104 Å². The molecule has 118 heavy (non-hydrogen) atoms. The number of hydrogen-bond donors (Lipinski definition) is 7. The number of halogens is 1. The number of nitrogens with zero attached hydrogens (tertiary/aromatic N) is 17. The van der Waals surface area contributed by atoms with Crippen LogP contribution < -0.4 is 60.9 Å². The molecule has 608 valence electrons. The molecule has 0 saturated heterocycles. The van der Waals surface area contributed by atoms with Gasteiger partial charge in [-0.05, 0) is 220 Å². The highest BCUT2D eigenvalue weighted by Gasteiger charge is 2.21. The molecule has 7 N–H and O–H groups in total. The van der Waals surface area contributed by atoms with Crippen LogP contribution in [0.2, 0.25) is 0 Å². The molecule has 0 spiro atoms. The topological polar surface area (TPSA) is 360 Å². The molecule has 33 heteroatoms. The Kier molecular flexibility index (Phi) is 27.2. The Labute approximate surface area is 680 Å². The summed E-state index contributed by atoms with van der Waals surface area (Å²) in [7, 11) is 6.25. The number of ether oxygens (including phenoxy) is 5. The van der Waals surface area contributed by atoms with Crippen molar-refractivity contribution in [1.82, 2.24) is 88.5 Å². The lowest BCUT2D eigenvalue weighted by molar-refractivity contribution is 0.0771. The van der Waals surface area contributed by atoms with E-state index in [1.807, 2.05) is 181 Å². The zero-order valence-corrected chi connectivity index (χ0v) is 68.4. The van der Waals surface area contributed by atoms with Gasteiger partial charge >= 0.3 is 0 Å². The molecule has 0 aliphatic rings. The van der Waals surface area contributed by atoms with Gasteiger partial charge in [0.05, 0.1) is 75.1 Å². The Morgan fingerprint density at radius 2 is 0.729 bits per heavy atom. The van der Waals surface area contributed by atoms with Gasteiger partial charge in [-0.25, -0.2) is 27.0 Å². The van der Waals surface area contributed by atoms with Crippen LogP contribution in [0.25, 0.3) is 28.2 Å². The smallest absolute Gasteiger partial charge is 0.253 e. The third-order valence-electron chi connectivity index (χ3n) is 17.5. The number of aromatic nitrogens is 15. The highest BCUT2D eigenvalue weighted by atomic mass is 19.1. The minimum absolute atomic E-state index is 0.0128. The van der Waals surface area contributed by atoms with Gasteiger partial charge < -0.3 is 65.8 Å². The van der Waals surface area contributed by atoms with Crippen molar-refractivity contribution in [2.75, 3.05) is 81.3 Å². The van der Waals surface area contributed by atoms with Crippen LogP contribution in [-0.4, -0.2) is 156 Å². The number of methoxy groups -OCH3 is 4. The van der Waals surface area contributed by atoms with Crippen molar-refractivity contribution in [3.63, 3.8) is 0 Å². The number of anilines is 10. The van der Waals surface area contributed by atoms with E-state index in [0.29, 0.717) is 135 Å². The summed E-state index contributed by atoms with van der Waals surface area (Å²) in [5.41, 5.74) is 14.6. The number of benzene rings is 5. The van der Waals surface area contributed by atoms with E-state index in [2.05, 4.69) is 93.7 Å². The first-order chi connectivity index (χ1) is 56.7. The molecule has 0 bridgehead atoms. The number of carbonyl (C=O) groups excluding carboxylic acids is 3. The Morgan fingerprint density at radius 3 is 1.05 bits per heavy atom. The second-order valence-corrected chi connectivity index (χ2v) is 27.7. The van der Waals surface area contributed by atoms with Crippen molar-refractivity contribution in [1.29, 1.82) is 5.26 Å². The van der Waals surface area contributed by atoms with Gasteiger partial charge in [-0.3, -0.25) is 14.4 Å². The molecule has 0 atom stereocenters. The highest BCUT2D eigenvalue weighted by molar-refractivity contribution is 5.97. The summed E-state index contributed by atoms with van der Waals surface area (Å²) < 4.78 is 48.8. The molecule has 15 aromatic rings. The Hall–Kier alpha value is -15.0. The van der Waals surface area contributed by atoms with Crippen LogP contribution in [-0.2, 0) is 0 Å². The molecule has 0 unspecified atom stereocenters. The van der Waals surface area contributed by atoms with Gasteiger partial charge in [0, 0.05) is 85.0 Å². The van der Waals surface area contributed by atoms with Crippen LogP contribution in [0.5, 0.6) is 28.7 Å². The first kappa shape index (κ1) is 84.0. The average molecular weight is 1600 g/mol. The molecular weight excluding hydrogens is 1500 g/mol.